The van der Waals surface area contributed by atoms with Crippen LogP contribution in [0.25, 0.3) is 0 Å². The molecule has 0 aromatic carbocycles. The SMILES string of the molecule is CN(C)CC1CC(O)CN1c1ncnc(Cl)c1[N+](=O)[O-]. The maximum atomic E-state index is 11.2. The van der Waals surface area contributed by atoms with E-state index in [4.69, 9.17) is 11.6 Å². The van der Waals surface area contributed by atoms with E-state index in [1.165, 1.54) is 6.33 Å². The molecule has 1 aliphatic rings. The van der Waals surface area contributed by atoms with E-state index in [9.17, 15) is 15.2 Å². The van der Waals surface area contributed by atoms with Crippen molar-refractivity contribution in [1.29, 1.82) is 0 Å². The van der Waals surface area contributed by atoms with Gasteiger partial charge in [0.15, 0.2) is 0 Å². The van der Waals surface area contributed by atoms with Crippen LogP contribution in [-0.2, 0) is 0 Å². The molecule has 0 saturated carbocycles. The Balaban J connectivity index is 2.39. The van der Waals surface area contributed by atoms with Crippen LogP contribution in [0.5, 0.6) is 0 Å². The first-order chi connectivity index (χ1) is 9.40. The van der Waals surface area contributed by atoms with Gasteiger partial charge in [0.05, 0.1) is 11.0 Å². The Labute approximate surface area is 121 Å². The van der Waals surface area contributed by atoms with Crippen molar-refractivity contribution >= 4 is 23.1 Å². The summed E-state index contributed by atoms with van der Waals surface area (Å²) in [6.07, 6.45) is 1.20. The van der Waals surface area contributed by atoms with Gasteiger partial charge in [0.2, 0.25) is 11.0 Å². The molecule has 1 aliphatic heterocycles. The van der Waals surface area contributed by atoms with Crippen LogP contribution in [-0.4, -0.2) is 64.2 Å². The molecule has 1 saturated heterocycles. The topological polar surface area (TPSA) is 95.6 Å². The van der Waals surface area contributed by atoms with Gasteiger partial charge in [-0.1, -0.05) is 11.6 Å². The van der Waals surface area contributed by atoms with E-state index in [-0.39, 0.29) is 22.7 Å². The molecule has 0 aliphatic carbocycles. The Hall–Kier alpha value is -1.51. The Kier molecular flexibility index (Phi) is 4.36. The van der Waals surface area contributed by atoms with Gasteiger partial charge in [-0.15, -0.1) is 0 Å². The Morgan fingerprint density at radius 3 is 2.90 bits per heavy atom. The number of nitro groups is 1. The van der Waals surface area contributed by atoms with Gasteiger partial charge in [-0.2, -0.15) is 0 Å². The summed E-state index contributed by atoms with van der Waals surface area (Å²) in [5.41, 5.74) is -0.313. The molecule has 20 heavy (non-hydrogen) atoms. The quantitative estimate of drug-likeness (QED) is 0.492. The number of β-amino-alcohol motifs (C(OH)–C–C–N with tert-alkyl or cyclic N) is 1. The number of nitrogens with zero attached hydrogens (tertiary/aromatic N) is 5. The summed E-state index contributed by atoms with van der Waals surface area (Å²) in [5, 5.41) is 20.8. The summed E-state index contributed by atoms with van der Waals surface area (Å²) in [7, 11) is 3.81. The lowest BCUT2D eigenvalue weighted by Crippen LogP contribution is -2.38. The predicted octanol–water partition coefficient (Wildman–Crippen LogP) is 0.539. The van der Waals surface area contributed by atoms with E-state index in [0.717, 1.165) is 0 Å². The third-order valence-corrected chi connectivity index (χ3v) is 3.46. The van der Waals surface area contributed by atoms with Crippen LogP contribution >= 0.6 is 11.6 Å². The highest BCUT2D eigenvalue weighted by Gasteiger charge is 2.37. The van der Waals surface area contributed by atoms with Crippen LogP contribution in [0.1, 0.15) is 6.42 Å². The lowest BCUT2D eigenvalue weighted by Gasteiger charge is -2.27. The molecule has 110 valence electrons. The number of rotatable bonds is 4. The number of likely N-dealkylation sites (N-methyl/N-ethyl adjacent to an activating group) is 1. The summed E-state index contributed by atoms with van der Waals surface area (Å²) >= 11 is 5.80. The van der Waals surface area contributed by atoms with E-state index in [1.807, 2.05) is 19.0 Å². The molecule has 2 heterocycles. The Morgan fingerprint density at radius 2 is 2.30 bits per heavy atom. The molecule has 9 heteroatoms. The molecule has 1 aromatic heterocycles. The highest BCUT2D eigenvalue weighted by molar-refractivity contribution is 6.31. The van der Waals surface area contributed by atoms with Crippen molar-refractivity contribution in [1.82, 2.24) is 14.9 Å². The van der Waals surface area contributed by atoms with Crippen LogP contribution in [0.3, 0.4) is 0 Å². The number of anilines is 1. The van der Waals surface area contributed by atoms with Crippen molar-refractivity contribution in [2.75, 3.05) is 32.1 Å². The molecule has 1 fully saturated rings. The molecule has 1 N–H and O–H groups in total. The average molecular weight is 302 g/mol. The number of hydrogen-bond acceptors (Lipinski definition) is 7. The highest BCUT2D eigenvalue weighted by Crippen LogP contribution is 2.35. The van der Waals surface area contributed by atoms with Crippen molar-refractivity contribution < 1.29 is 10.0 Å². The summed E-state index contributed by atoms with van der Waals surface area (Å²) < 4.78 is 0. The van der Waals surface area contributed by atoms with Crippen molar-refractivity contribution in [2.45, 2.75) is 18.6 Å². The van der Waals surface area contributed by atoms with E-state index < -0.39 is 11.0 Å². The average Bonchev–Trinajstić information content (AvgIpc) is 2.68. The number of hydrogen-bond donors (Lipinski definition) is 1. The van der Waals surface area contributed by atoms with Gasteiger partial charge in [0.1, 0.15) is 6.33 Å². The molecule has 2 unspecified atom stereocenters. The van der Waals surface area contributed by atoms with Gasteiger partial charge in [-0.25, -0.2) is 9.97 Å². The van der Waals surface area contributed by atoms with Crippen molar-refractivity contribution in [3.63, 3.8) is 0 Å². The smallest absolute Gasteiger partial charge is 0.348 e. The van der Waals surface area contributed by atoms with Crippen LogP contribution in [0, 0.1) is 10.1 Å². The summed E-state index contributed by atoms with van der Waals surface area (Å²) in [4.78, 5) is 21.9. The van der Waals surface area contributed by atoms with Gasteiger partial charge in [-0.3, -0.25) is 10.1 Å². The van der Waals surface area contributed by atoms with Crippen LogP contribution in [0.2, 0.25) is 5.15 Å². The third kappa shape index (κ3) is 2.97. The number of aliphatic hydroxyl groups excluding tert-OH is 1. The van der Waals surface area contributed by atoms with Gasteiger partial charge >= 0.3 is 5.69 Å². The van der Waals surface area contributed by atoms with Crippen molar-refractivity contribution in [2.24, 2.45) is 0 Å². The van der Waals surface area contributed by atoms with Crippen LogP contribution in [0.15, 0.2) is 6.33 Å². The summed E-state index contributed by atoms with van der Waals surface area (Å²) in [6.45, 7) is 0.961. The zero-order valence-electron chi connectivity index (χ0n) is 11.2. The summed E-state index contributed by atoms with van der Waals surface area (Å²) in [6, 6.07) is -0.0512. The normalized spacial score (nSPS) is 22.6. The van der Waals surface area contributed by atoms with Crippen LogP contribution in [0.4, 0.5) is 11.5 Å². The molecule has 0 radical (unpaired) electrons. The lowest BCUT2D eigenvalue weighted by molar-refractivity contribution is -0.384. The van der Waals surface area contributed by atoms with Gasteiger partial charge in [0, 0.05) is 19.1 Å². The first kappa shape index (κ1) is 14.9. The molecule has 8 nitrogen and oxygen atoms in total. The Bertz CT molecular complexity index is 513. The van der Waals surface area contributed by atoms with E-state index in [1.54, 1.807) is 4.90 Å². The van der Waals surface area contributed by atoms with Gasteiger partial charge < -0.3 is 14.9 Å². The molecule has 2 atom stereocenters. The fourth-order valence-electron chi connectivity index (χ4n) is 2.46. The van der Waals surface area contributed by atoms with Crippen molar-refractivity contribution in [3.8, 4) is 0 Å². The molecule has 0 amide bonds. The molecule has 1 aromatic rings. The number of aliphatic hydroxyl groups is 1. The second-order valence-corrected chi connectivity index (χ2v) is 5.41. The minimum Gasteiger partial charge on any atom is -0.391 e. The number of halogens is 1. The molecule has 0 bridgehead atoms. The minimum atomic E-state index is -0.588. The first-order valence-electron chi connectivity index (χ1n) is 6.14. The zero-order valence-corrected chi connectivity index (χ0v) is 12.0. The first-order valence-corrected chi connectivity index (χ1v) is 6.52. The zero-order chi connectivity index (χ0) is 14.9. The fourth-order valence-corrected chi connectivity index (χ4v) is 2.66. The van der Waals surface area contributed by atoms with Crippen molar-refractivity contribution in [3.05, 3.63) is 21.6 Å². The molecular weight excluding hydrogens is 286 g/mol. The maximum Gasteiger partial charge on any atom is 0.348 e. The molecule has 0 spiro atoms. The highest BCUT2D eigenvalue weighted by atomic mass is 35.5. The van der Waals surface area contributed by atoms with E-state index >= 15 is 0 Å². The number of aromatic nitrogens is 2. The minimum absolute atomic E-state index is 0.0512. The summed E-state index contributed by atoms with van der Waals surface area (Å²) in [5.74, 6) is 0.165. The van der Waals surface area contributed by atoms with Gasteiger partial charge in [0.25, 0.3) is 0 Å². The maximum absolute atomic E-state index is 11.2. The van der Waals surface area contributed by atoms with Gasteiger partial charge in [-0.05, 0) is 20.5 Å². The lowest BCUT2D eigenvalue weighted by atomic mass is 10.2. The third-order valence-electron chi connectivity index (χ3n) is 3.18. The predicted molar refractivity (Wildman–Crippen MR) is 74.0 cm³/mol. The second-order valence-electron chi connectivity index (χ2n) is 5.05. The fraction of sp³-hybridized carbons (Fsp3) is 0.636. The van der Waals surface area contributed by atoms with Crippen LogP contribution < -0.4 is 4.90 Å². The Morgan fingerprint density at radius 1 is 1.60 bits per heavy atom. The second kappa shape index (κ2) is 5.86. The van der Waals surface area contributed by atoms with E-state index in [2.05, 4.69) is 9.97 Å². The van der Waals surface area contributed by atoms with E-state index in [0.29, 0.717) is 19.5 Å². The standard InChI is InChI=1S/C11H16ClN5O3/c1-15(2)4-7-3-8(18)5-16(7)11-9(17(19)20)10(12)13-6-14-11/h6-8,18H,3-5H2,1-2H3. The largest absolute Gasteiger partial charge is 0.391 e. The molecule has 2 rings (SSSR count). The monoisotopic (exact) mass is 301 g/mol. The molecular formula is C11H16ClN5O3.